The lowest BCUT2D eigenvalue weighted by Gasteiger charge is -2.22. The lowest BCUT2D eigenvalue weighted by atomic mass is 10.2. The van der Waals surface area contributed by atoms with Crippen LogP contribution in [-0.2, 0) is 19.2 Å². The zero-order chi connectivity index (χ0) is 18.3. The molecule has 1 fully saturated rings. The number of aliphatic carboxylic acids is 1. The number of nitrogens with two attached hydrogens (primary N) is 1. The third-order valence-electron chi connectivity index (χ3n) is 3.62. The van der Waals surface area contributed by atoms with Crippen molar-refractivity contribution in [3.8, 4) is 0 Å². The van der Waals surface area contributed by atoms with E-state index >= 15 is 0 Å². The summed E-state index contributed by atoms with van der Waals surface area (Å²) in [5.41, 5.74) is 5.33. The summed E-state index contributed by atoms with van der Waals surface area (Å²) in [4.78, 5) is 47.9. The van der Waals surface area contributed by atoms with Gasteiger partial charge in [0, 0.05) is 12.3 Å². The predicted octanol–water partition coefficient (Wildman–Crippen LogP) is -3.09. The minimum Gasteiger partial charge on any atom is -0.480 e. The van der Waals surface area contributed by atoms with E-state index in [0.717, 1.165) is 0 Å². The predicted molar refractivity (Wildman–Crippen MR) is 86.2 cm³/mol. The average molecular weight is 362 g/mol. The van der Waals surface area contributed by atoms with Crippen molar-refractivity contribution in [1.29, 1.82) is 0 Å². The first-order valence-corrected chi connectivity index (χ1v) is 8.02. The number of amides is 3. The molecule has 3 atom stereocenters. The van der Waals surface area contributed by atoms with Gasteiger partial charge < -0.3 is 31.5 Å². The molecule has 0 bridgehead atoms. The summed E-state index contributed by atoms with van der Waals surface area (Å²) in [7, 11) is 0. The number of carbonyl (C=O) groups excluding carboxylic acids is 3. The Morgan fingerprint density at radius 2 is 1.96 bits per heavy atom. The van der Waals surface area contributed by atoms with E-state index in [2.05, 4.69) is 23.3 Å². The highest BCUT2D eigenvalue weighted by Gasteiger charge is 2.34. The Labute approximate surface area is 144 Å². The van der Waals surface area contributed by atoms with E-state index < -0.39 is 48.4 Å². The maximum atomic E-state index is 12.0. The molecule has 0 aromatic heterocycles. The number of likely N-dealkylation sites (tertiary alicyclic amines) is 1. The zero-order valence-corrected chi connectivity index (χ0v) is 13.9. The van der Waals surface area contributed by atoms with Gasteiger partial charge in [-0.1, -0.05) is 0 Å². The molecule has 11 heteroatoms. The molecule has 0 saturated carbocycles. The van der Waals surface area contributed by atoms with Gasteiger partial charge >= 0.3 is 5.97 Å². The number of aliphatic hydroxyl groups excluding tert-OH is 1. The van der Waals surface area contributed by atoms with Crippen LogP contribution in [0.3, 0.4) is 0 Å². The standard InChI is InChI=1S/C13H22N4O6S/c14-7(5-18)11(20)16-8(6-24)12(21)15-4-10(19)17-3-1-2-9(17)13(22)23/h7-9,18,24H,1-6,14H2,(H,15,21)(H,16,20)(H,22,23). The fourth-order valence-corrected chi connectivity index (χ4v) is 2.52. The molecular formula is C13H22N4O6S. The van der Waals surface area contributed by atoms with Gasteiger partial charge in [0.25, 0.3) is 0 Å². The molecule has 3 unspecified atom stereocenters. The minimum atomic E-state index is -1.16. The smallest absolute Gasteiger partial charge is 0.326 e. The van der Waals surface area contributed by atoms with E-state index in [1.54, 1.807) is 0 Å². The second kappa shape index (κ2) is 9.45. The van der Waals surface area contributed by atoms with Crippen LogP contribution < -0.4 is 16.4 Å². The van der Waals surface area contributed by atoms with Gasteiger partial charge in [-0.25, -0.2) is 4.79 Å². The number of nitrogens with zero attached hydrogens (tertiary/aromatic N) is 1. The Morgan fingerprint density at radius 1 is 1.29 bits per heavy atom. The molecule has 0 aromatic rings. The van der Waals surface area contributed by atoms with Crippen LogP contribution in [0.5, 0.6) is 0 Å². The molecule has 1 rings (SSSR count). The fourth-order valence-electron chi connectivity index (χ4n) is 2.27. The van der Waals surface area contributed by atoms with Gasteiger partial charge in [-0.3, -0.25) is 14.4 Å². The van der Waals surface area contributed by atoms with Gasteiger partial charge in [-0.05, 0) is 12.8 Å². The summed E-state index contributed by atoms with van der Waals surface area (Å²) in [5, 5.41) is 22.5. The van der Waals surface area contributed by atoms with Crippen LogP contribution in [0, 0.1) is 0 Å². The van der Waals surface area contributed by atoms with Crippen LogP contribution in [0.1, 0.15) is 12.8 Å². The molecule has 1 heterocycles. The third kappa shape index (κ3) is 5.35. The number of carboxylic acid groups (broad SMARTS) is 1. The highest BCUT2D eigenvalue weighted by Crippen LogP contribution is 2.17. The van der Waals surface area contributed by atoms with Gasteiger partial charge in [-0.2, -0.15) is 12.6 Å². The maximum absolute atomic E-state index is 12.0. The van der Waals surface area contributed by atoms with Gasteiger partial charge in [0.1, 0.15) is 18.1 Å². The summed E-state index contributed by atoms with van der Waals surface area (Å²) >= 11 is 3.95. The van der Waals surface area contributed by atoms with E-state index in [-0.39, 0.29) is 12.3 Å². The van der Waals surface area contributed by atoms with Crippen LogP contribution in [0.25, 0.3) is 0 Å². The Morgan fingerprint density at radius 3 is 2.50 bits per heavy atom. The van der Waals surface area contributed by atoms with Gasteiger partial charge in [-0.15, -0.1) is 0 Å². The molecule has 136 valence electrons. The van der Waals surface area contributed by atoms with Crippen molar-refractivity contribution in [3.63, 3.8) is 0 Å². The highest BCUT2D eigenvalue weighted by atomic mass is 32.1. The monoisotopic (exact) mass is 362 g/mol. The Kier molecular flexibility index (Phi) is 7.95. The molecule has 1 aliphatic rings. The largest absolute Gasteiger partial charge is 0.480 e. The van der Waals surface area contributed by atoms with Crippen molar-refractivity contribution >= 4 is 36.3 Å². The van der Waals surface area contributed by atoms with E-state index in [0.29, 0.717) is 19.4 Å². The molecule has 24 heavy (non-hydrogen) atoms. The molecule has 0 aromatic carbocycles. The molecular weight excluding hydrogens is 340 g/mol. The van der Waals surface area contributed by atoms with Gasteiger partial charge in [0.05, 0.1) is 13.2 Å². The molecule has 10 nitrogen and oxygen atoms in total. The third-order valence-corrected chi connectivity index (χ3v) is 3.99. The summed E-state index contributed by atoms with van der Waals surface area (Å²) in [6.07, 6.45) is 0.967. The van der Waals surface area contributed by atoms with E-state index in [9.17, 15) is 19.2 Å². The summed E-state index contributed by atoms with van der Waals surface area (Å²) in [6.45, 7) is -0.630. The molecule has 0 radical (unpaired) electrons. The minimum absolute atomic E-state index is 0.0363. The maximum Gasteiger partial charge on any atom is 0.326 e. The van der Waals surface area contributed by atoms with Crippen molar-refractivity contribution in [2.45, 2.75) is 31.0 Å². The molecule has 1 saturated heterocycles. The number of rotatable bonds is 8. The second-order valence-electron chi connectivity index (χ2n) is 5.33. The zero-order valence-electron chi connectivity index (χ0n) is 13.0. The SMILES string of the molecule is NC(CO)C(=O)NC(CS)C(=O)NCC(=O)N1CCCC1C(=O)O. The molecule has 0 spiro atoms. The van der Waals surface area contributed by atoms with Crippen LogP contribution in [0.15, 0.2) is 0 Å². The first-order chi connectivity index (χ1) is 11.3. The van der Waals surface area contributed by atoms with Crippen molar-refractivity contribution in [3.05, 3.63) is 0 Å². The lowest BCUT2D eigenvalue weighted by molar-refractivity contribution is -0.148. The Hall–Kier alpha value is -1.85. The van der Waals surface area contributed by atoms with Crippen molar-refractivity contribution in [1.82, 2.24) is 15.5 Å². The van der Waals surface area contributed by atoms with Gasteiger partial charge in [0.15, 0.2) is 0 Å². The Bertz CT molecular complexity index is 503. The average Bonchev–Trinajstić information content (AvgIpc) is 3.06. The highest BCUT2D eigenvalue weighted by molar-refractivity contribution is 7.80. The van der Waals surface area contributed by atoms with Crippen LogP contribution >= 0.6 is 12.6 Å². The summed E-state index contributed by atoms with van der Waals surface area (Å²) in [6, 6.07) is -3.07. The van der Waals surface area contributed by atoms with Crippen molar-refractivity contribution in [2.75, 3.05) is 25.4 Å². The van der Waals surface area contributed by atoms with Gasteiger partial charge in [0.2, 0.25) is 17.7 Å². The quantitative estimate of drug-likeness (QED) is 0.249. The fraction of sp³-hybridized carbons (Fsp3) is 0.692. The topological polar surface area (TPSA) is 162 Å². The first-order valence-electron chi connectivity index (χ1n) is 7.39. The molecule has 1 aliphatic heterocycles. The number of hydrogen-bond acceptors (Lipinski definition) is 7. The summed E-state index contributed by atoms with van der Waals surface area (Å²) in [5.74, 6) is -2.99. The van der Waals surface area contributed by atoms with Crippen LogP contribution in [-0.4, -0.2) is 82.4 Å². The van der Waals surface area contributed by atoms with Crippen molar-refractivity contribution in [2.24, 2.45) is 5.73 Å². The van der Waals surface area contributed by atoms with Crippen LogP contribution in [0.2, 0.25) is 0 Å². The molecule has 6 N–H and O–H groups in total. The number of thiol groups is 1. The summed E-state index contributed by atoms with van der Waals surface area (Å²) < 4.78 is 0. The second-order valence-corrected chi connectivity index (χ2v) is 5.70. The number of nitrogens with one attached hydrogen (secondary N) is 2. The van der Waals surface area contributed by atoms with E-state index in [1.807, 2.05) is 0 Å². The number of hydrogen-bond donors (Lipinski definition) is 6. The van der Waals surface area contributed by atoms with E-state index in [4.69, 9.17) is 15.9 Å². The molecule has 0 aliphatic carbocycles. The molecule has 3 amide bonds. The van der Waals surface area contributed by atoms with E-state index in [1.165, 1.54) is 4.90 Å². The number of carbonyl (C=O) groups is 4. The van der Waals surface area contributed by atoms with Crippen molar-refractivity contribution < 1.29 is 29.4 Å². The number of carboxylic acids is 1. The normalized spacial score (nSPS) is 19.5. The van der Waals surface area contributed by atoms with Crippen LogP contribution in [0.4, 0.5) is 0 Å². The number of aliphatic hydroxyl groups is 1. The Balaban J connectivity index is 2.52. The lowest BCUT2D eigenvalue weighted by Crippen LogP contribution is -2.54. The first kappa shape index (κ1) is 20.2.